The first-order valence-electron chi connectivity index (χ1n) is 6.92. The van der Waals surface area contributed by atoms with Gasteiger partial charge < -0.3 is 5.32 Å². The molecule has 104 valence electrons. The molecule has 1 aromatic carbocycles. The molecule has 1 aliphatic rings. The quantitative estimate of drug-likeness (QED) is 0.912. The van der Waals surface area contributed by atoms with Gasteiger partial charge in [0.1, 0.15) is 0 Å². The SMILES string of the molecule is O=C(NCc1ccccc1)C1CCCCn2nnnc21. The van der Waals surface area contributed by atoms with Gasteiger partial charge in [-0.15, -0.1) is 5.10 Å². The fraction of sp³-hybridized carbons (Fsp3) is 0.429. The molecule has 0 radical (unpaired) electrons. The maximum atomic E-state index is 12.4. The normalized spacial score (nSPS) is 18.1. The third kappa shape index (κ3) is 2.68. The summed E-state index contributed by atoms with van der Waals surface area (Å²) in [5.41, 5.74) is 1.09. The van der Waals surface area contributed by atoms with Gasteiger partial charge in [0.2, 0.25) is 5.91 Å². The number of aromatic nitrogens is 4. The van der Waals surface area contributed by atoms with Crippen LogP contribution in [0.4, 0.5) is 0 Å². The first kappa shape index (κ1) is 12.8. The van der Waals surface area contributed by atoms with Crippen LogP contribution in [0.1, 0.15) is 36.6 Å². The summed E-state index contributed by atoms with van der Waals surface area (Å²) >= 11 is 0. The van der Waals surface area contributed by atoms with Gasteiger partial charge in [-0.1, -0.05) is 36.8 Å². The fourth-order valence-corrected chi connectivity index (χ4v) is 2.52. The Labute approximate surface area is 117 Å². The minimum atomic E-state index is -0.240. The zero-order valence-corrected chi connectivity index (χ0v) is 11.2. The first-order chi connectivity index (χ1) is 9.84. The van der Waals surface area contributed by atoms with Gasteiger partial charge in [-0.25, -0.2) is 4.68 Å². The molecule has 1 unspecified atom stereocenters. The third-order valence-corrected chi connectivity index (χ3v) is 3.61. The van der Waals surface area contributed by atoms with Crippen molar-refractivity contribution >= 4 is 5.91 Å². The average Bonchev–Trinajstić information content (AvgIpc) is 2.85. The lowest BCUT2D eigenvalue weighted by Gasteiger charge is -2.13. The number of fused-ring (bicyclic) bond motifs is 1. The van der Waals surface area contributed by atoms with Gasteiger partial charge in [0.25, 0.3) is 0 Å². The van der Waals surface area contributed by atoms with Crippen molar-refractivity contribution in [2.45, 2.75) is 38.3 Å². The number of tetrazole rings is 1. The second kappa shape index (κ2) is 5.81. The summed E-state index contributed by atoms with van der Waals surface area (Å²) in [5, 5.41) is 14.6. The topological polar surface area (TPSA) is 72.7 Å². The highest BCUT2D eigenvalue weighted by molar-refractivity contribution is 5.82. The summed E-state index contributed by atoms with van der Waals surface area (Å²) in [6, 6.07) is 9.89. The van der Waals surface area contributed by atoms with Crippen LogP contribution in [-0.2, 0) is 17.9 Å². The van der Waals surface area contributed by atoms with Crippen LogP contribution in [0.2, 0.25) is 0 Å². The molecule has 1 aliphatic heterocycles. The van der Waals surface area contributed by atoms with E-state index in [9.17, 15) is 4.79 Å². The number of aryl methyl sites for hydroxylation is 1. The highest BCUT2D eigenvalue weighted by atomic mass is 16.1. The van der Waals surface area contributed by atoms with E-state index in [-0.39, 0.29) is 11.8 Å². The van der Waals surface area contributed by atoms with Gasteiger partial charge in [-0.2, -0.15) is 0 Å². The van der Waals surface area contributed by atoms with Gasteiger partial charge >= 0.3 is 0 Å². The van der Waals surface area contributed by atoms with E-state index in [4.69, 9.17) is 0 Å². The van der Waals surface area contributed by atoms with Gasteiger partial charge in [0, 0.05) is 13.1 Å². The smallest absolute Gasteiger partial charge is 0.231 e. The van der Waals surface area contributed by atoms with Crippen molar-refractivity contribution in [2.24, 2.45) is 0 Å². The van der Waals surface area contributed by atoms with Gasteiger partial charge in [0.15, 0.2) is 5.82 Å². The Kier molecular flexibility index (Phi) is 3.71. The van der Waals surface area contributed by atoms with E-state index in [1.165, 1.54) is 0 Å². The Morgan fingerprint density at radius 3 is 3.00 bits per heavy atom. The number of carbonyl (C=O) groups is 1. The summed E-state index contributed by atoms with van der Waals surface area (Å²) in [5.74, 6) is 0.455. The van der Waals surface area contributed by atoms with Crippen LogP contribution >= 0.6 is 0 Å². The summed E-state index contributed by atoms with van der Waals surface area (Å²) in [4.78, 5) is 12.4. The van der Waals surface area contributed by atoms with E-state index < -0.39 is 0 Å². The zero-order valence-electron chi connectivity index (χ0n) is 11.2. The highest BCUT2D eigenvalue weighted by Gasteiger charge is 2.28. The predicted octanol–water partition coefficient (Wildman–Crippen LogP) is 1.26. The van der Waals surface area contributed by atoms with E-state index in [1.807, 2.05) is 30.3 Å². The highest BCUT2D eigenvalue weighted by Crippen LogP contribution is 2.23. The lowest BCUT2D eigenvalue weighted by molar-refractivity contribution is -0.123. The molecule has 3 rings (SSSR count). The third-order valence-electron chi connectivity index (χ3n) is 3.61. The van der Waals surface area contributed by atoms with Gasteiger partial charge in [0.05, 0.1) is 5.92 Å². The number of carbonyl (C=O) groups excluding carboxylic acids is 1. The molecule has 2 heterocycles. The minimum absolute atomic E-state index is 0.00630. The molecule has 1 N–H and O–H groups in total. The van der Waals surface area contributed by atoms with E-state index in [0.29, 0.717) is 12.4 Å². The lowest BCUT2D eigenvalue weighted by atomic mass is 10.0. The molecule has 0 saturated carbocycles. The van der Waals surface area contributed by atoms with Crippen molar-refractivity contribution in [1.29, 1.82) is 0 Å². The van der Waals surface area contributed by atoms with Crippen molar-refractivity contribution < 1.29 is 4.79 Å². The molecule has 0 aliphatic carbocycles. The fourth-order valence-electron chi connectivity index (χ4n) is 2.52. The number of hydrogen-bond donors (Lipinski definition) is 1. The van der Waals surface area contributed by atoms with Gasteiger partial charge in [-0.05, 0) is 28.8 Å². The lowest BCUT2D eigenvalue weighted by Crippen LogP contribution is -2.30. The Morgan fingerprint density at radius 1 is 1.30 bits per heavy atom. The molecule has 6 heteroatoms. The second-order valence-corrected chi connectivity index (χ2v) is 5.01. The van der Waals surface area contributed by atoms with E-state index in [0.717, 1.165) is 31.4 Å². The number of hydrogen-bond acceptors (Lipinski definition) is 4. The molecule has 20 heavy (non-hydrogen) atoms. The van der Waals surface area contributed by atoms with Crippen LogP contribution in [0.5, 0.6) is 0 Å². The number of nitrogens with zero attached hydrogens (tertiary/aromatic N) is 4. The summed E-state index contributed by atoms with van der Waals surface area (Å²) in [6.07, 6.45) is 2.83. The Balaban J connectivity index is 1.68. The van der Waals surface area contributed by atoms with Gasteiger partial charge in [-0.3, -0.25) is 4.79 Å². The van der Waals surface area contributed by atoms with Crippen LogP contribution in [0.15, 0.2) is 30.3 Å². The van der Waals surface area contributed by atoms with E-state index in [2.05, 4.69) is 20.8 Å². The molecule has 0 saturated heterocycles. The van der Waals surface area contributed by atoms with Crippen molar-refractivity contribution in [3.8, 4) is 0 Å². The van der Waals surface area contributed by atoms with Crippen LogP contribution in [-0.4, -0.2) is 26.1 Å². The molecular weight excluding hydrogens is 254 g/mol. The van der Waals surface area contributed by atoms with Crippen molar-refractivity contribution in [3.05, 3.63) is 41.7 Å². The Bertz CT molecular complexity index is 580. The largest absolute Gasteiger partial charge is 0.351 e. The molecule has 0 fully saturated rings. The summed E-state index contributed by atoms with van der Waals surface area (Å²) in [6.45, 7) is 1.34. The van der Waals surface area contributed by atoms with Crippen LogP contribution < -0.4 is 5.32 Å². The zero-order chi connectivity index (χ0) is 13.8. The summed E-state index contributed by atoms with van der Waals surface area (Å²) < 4.78 is 1.75. The number of nitrogens with one attached hydrogen (secondary N) is 1. The van der Waals surface area contributed by atoms with Crippen molar-refractivity contribution in [3.63, 3.8) is 0 Å². The minimum Gasteiger partial charge on any atom is -0.351 e. The molecule has 1 atom stereocenters. The number of amides is 1. The monoisotopic (exact) mass is 271 g/mol. The van der Waals surface area contributed by atoms with Crippen LogP contribution in [0.25, 0.3) is 0 Å². The number of rotatable bonds is 3. The van der Waals surface area contributed by atoms with Crippen LogP contribution in [0, 0.1) is 0 Å². The molecule has 0 spiro atoms. The molecule has 6 nitrogen and oxygen atoms in total. The molecule has 0 bridgehead atoms. The first-order valence-corrected chi connectivity index (χ1v) is 6.92. The van der Waals surface area contributed by atoms with E-state index >= 15 is 0 Å². The van der Waals surface area contributed by atoms with Crippen molar-refractivity contribution in [2.75, 3.05) is 0 Å². The molecule has 2 aromatic rings. The van der Waals surface area contributed by atoms with E-state index in [1.54, 1.807) is 4.68 Å². The molecule has 1 amide bonds. The van der Waals surface area contributed by atoms with Crippen molar-refractivity contribution in [1.82, 2.24) is 25.5 Å². The maximum Gasteiger partial charge on any atom is 0.231 e. The predicted molar refractivity (Wildman–Crippen MR) is 72.7 cm³/mol. The second-order valence-electron chi connectivity index (χ2n) is 5.01. The molecular formula is C14H17N5O. The Morgan fingerprint density at radius 2 is 2.15 bits per heavy atom. The standard InChI is InChI=1S/C14H17N5O/c20-14(15-10-11-6-2-1-3-7-11)12-8-4-5-9-19-13(12)16-17-18-19/h1-3,6-7,12H,4-5,8-10H2,(H,15,20). The Hall–Kier alpha value is -2.24. The maximum absolute atomic E-state index is 12.4. The summed E-state index contributed by atoms with van der Waals surface area (Å²) in [7, 11) is 0. The molecule has 1 aromatic heterocycles. The van der Waals surface area contributed by atoms with Crippen LogP contribution in [0.3, 0.4) is 0 Å². The average molecular weight is 271 g/mol. The number of benzene rings is 1.